The van der Waals surface area contributed by atoms with Gasteiger partial charge in [-0.25, -0.2) is 9.59 Å². The third kappa shape index (κ3) is 8.67. The molecule has 0 unspecified atom stereocenters. The van der Waals surface area contributed by atoms with Crippen molar-refractivity contribution in [2.45, 2.75) is 13.8 Å². The number of urea groups is 1. The van der Waals surface area contributed by atoms with Crippen molar-refractivity contribution in [3.8, 4) is 5.75 Å². The Balaban J connectivity index is 2.20. The number of carbonyl (C=O) groups is 3. The van der Waals surface area contributed by atoms with Crippen molar-refractivity contribution in [1.82, 2.24) is 10.6 Å². The van der Waals surface area contributed by atoms with Gasteiger partial charge < -0.3 is 14.8 Å². The third-order valence-corrected chi connectivity index (χ3v) is 2.71. The minimum atomic E-state index is -0.724. The second-order valence-electron chi connectivity index (χ2n) is 5.06. The summed E-state index contributed by atoms with van der Waals surface area (Å²) in [7, 11) is 0. The zero-order valence-electron chi connectivity index (χ0n) is 12.9. The number of hydrogen-bond acceptors (Lipinski definition) is 5. The van der Waals surface area contributed by atoms with E-state index in [9.17, 15) is 14.4 Å². The predicted molar refractivity (Wildman–Crippen MR) is 84.3 cm³/mol. The lowest BCUT2D eigenvalue weighted by atomic mass is 10.2. The van der Waals surface area contributed by atoms with Gasteiger partial charge in [-0.1, -0.05) is 25.4 Å². The number of carbonyl (C=O) groups excluding carboxylic acids is 3. The Morgan fingerprint density at radius 1 is 1.13 bits per heavy atom. The van der Waals surface area contributed by atoms with E-state index in [1.54, 1.807) is 24.3 Å². The van der Waals surface area contributed by atoms with Gasteiger partial charge in [-0.3, -0.25) is 10.1 Å². The summed E-state index contributed by atoms with van der Waals surface area (Å²) in [5.41, 5.74) is 0. The number of rotatable bonds is 7. The monoisotopic (exact) mass is 342 g/mol. The number of amides is 3. The van der Waals surface area contributed by atoms with Crippen LogP contribution in [-0.4, -0.2) is 37.7 Å². The molecule has 0 spiro atoms. The first kappa shape index (κ1) is 18.8. The highest BCUT2D eigenvalue weighted by molar-refractivity contribution is 6.30. The largest absolute Gasteiger partial charge is 0.482 e. The summed E-state index contributed by atoms with van der Waals surface area (Å²) in [5, 5.41) is 5.10. The van der Waals surface area contributed by atoms with E-state index in [-0.39, 0.29) is 12.5 Å². The van der Waals surface area contributed by atoms with E-state index in [4.69, 9.17) is 21.1 Å². The van der Waals surface area contributed by atoms with Gasteiger partial charge >= 0.3 is 12.0 Å². The molecule has 0 aromatic heterocycles. The third-order valence-electron chi connectivity index (χ3n) is 2.46. The van der Waals surface area contributed by atoms with Gasteiger partial charge in [0.15, 0.2) is 13.2 Å². The van der Waals surface area contributed by atoms with Crippen LogP contribution in [0.5, 0.6) is 5.75 Å². The molecule has 0 atom stereocenters. The molecule has 1 rings (SSSR count). The van der Waals surface area contributed by atoms with Gasteiger partial charge in [-0.05, 0) is 30.2 Å². The van der Waals surface area contributed by atoms with Crippen molar-refractivity contribution in [2.24, 2.45) is 5.92 Å². The maximum atomic E-state index is 11.4. The maximum absolute atomic E-state index is 11.4. The molecule has 0 aliphatic heterocycles. The average Bonchev–Trinajstić information content (AvgIpc) is 2.50. The number of nitrogens with one attached hydrogen (secondary N) is 2. The fourth-order valence-corrected chi connectivity index (χ4v) is 1.49. The molecular weight excluding hydrogens is 324 g/mol. The molecular formula is C15H19ClN2O5. The van der Waals surface area contributed by atoms with Crippen LogP contribution in [0.15, 0.2) is 24.3 Å². The molecule has 7 nitrogen and oxygen atoms in total. The highest BCUT2D eigenvalue weighted by Gasteiger charge is 2.11. The van der Waals surface area contributed by atoms with Gasteiger partial charge in [0, 0.05) is 11.6 Å². The zero-order chi connectivity index (χ0) is 17.2. The van der Waals surface area contributed by atoms with E-state index in [0.29, 0.717) is 17.3 Å². The number of imide groups is 1. The fourth-order valence-electron chi connectivity index (χ4n) is 1.36. The minimum Gasteiger partial charge on any atom is -0.482 e. The number of benzene rings is 1. The number of ether oxygens (including phenoxy) is 2. The van der Waals surface area contributed by atoms with E-state index in [2.05, 4.69) is 5.32 Å². The molecule has 8 heteroatoms. The molecule has 2 N–H and O–H groups in total. The first-order valence-corrected chi connectivity index (χ1v) is 7.36. The molecule has 0 bridgehead atoms. The van der Waals surface area contributed by atoms with Crippen LogP contribution in [0.2, 0.25) is 5.02 Å². The number of hydrogen-bond donors (Lipinski definition) is 2. The van der Waals surface area contributed by atoms with Gasteiger partial charge in [0.1, 0.15) is 5.75 Å². The first-order valence-electron chi connectivity index (χ1n) is 6.98. The Kier molecular flexibility index (Phi) is 7.90. The quantitative estimate of drug-likeness (QED) is 0.736. The highest BCUT2D eigenvalue weighted by atomic mass is 35.5. The Bertz CT molecular complexity index is 545. The van der Waals surface area contributed by atoms with Gasteiger partial charge in [0.25, 0.3) is 5.91 Å². The van der Waals surface area contributed by atoms with Crippen LogP contribution < -0.4 is 15.4 Å². The smallest absolute Gasteiger partial charge is 0.344 e. The van der Waals surface area contributed by atoms with Crippen molar-refractivity contribution in [3.63, 3.8) is 0 Å². The van der Waals surface area contributed by atoms with Gasteiger partial charge in [-0.15, -0.1) is 0 Å². The van der Waals surface area contributed by atoms with Gasteiger partial charge in [0.05, 0.1) is 0 Å². The Labute approximate surface area is 139 Å². The second kappa shape index (κ2) is 9.68. The molecule has 0 radical (unpaired) electrons. The van der Waals surface area contributed by atoms with Crippen molar-refractivity contribution < 1.29 is 23.9 Å². The summed E-state index contributed by atoms with van der Waals surface area (Å²) >= 11 is 5.72. The summed E-state index contributed by atoms with van der Waals surface area (Å²) in [6.45, 7) is 3.37. The van der Waals surface area contributed by atoms with Crippen LogP contribution >= 0.6 is 11.6 Å². The van der Waals surface area contributed by atoms with Crippen LogP contribution in [0.3, 0.4) is 0 Å². The molecule has 23 heavy (non-hydrogen) atoms. The standard InChI is InChI=1S/C15H19ClN2O5/c1-10(2)7-17-15(21)18-13(19)8-23-14(20)9-22-12-5-3-11(16)4-6-12/h3-6,10H,7-9H2,1-2H3,(H2,17,18,19,21). The summed E-state index contributed by atoms with van der Waals surface area (Å²) < 4.78 is 9.85. The minimum absolute atomic E-state index is 0.263. The molecule has 1 aromatic rings. The van der Waals surface area contributed by atoms with E-state index < -0.39 is 24.5 Å². The summed E-state index contributed by atoms with van der Waals surface area (Å²) in [6, 6.07) is 5.80. The number of halogens is 1. The summed E-state index contributed by atoms with van der Waals surface area (Å²) in [4.78, 5) is 34.2. The molecule has 0 fully saturated rings. The van der Waals surface area contributed by atoms with Crippen LogP contribution in [0.4, 0.5) is 4.79 Å². The summed E-state index contributed by atoms with van der Waals surface area (Å²) in [6.07, 6.45) is 0. The Hall–Kier alpha value is -2.28. The predicted octanol–water partition coefficient (Wildman–Crippen LogP) is 1.74. The zero-order valence-corrected chi connectivity index (χ0v) is 13.7. The number of esters is 1. The van der Waals surface area contributed by atoms with Crippen LogP contribution in [0.25, 0.3) is 0 Å². The van der Waals surface area contributed by atoms with Crippen LogP contribution in [-0.2, 0) is 14.3 Å². The van der Waals surface area contributed by atoms with Crippen LogP contribution in [0, 0.1) is 5.92 Å². The lowest BCUT2D eigenvalue weighted by Crippen LogP contribution is -2.42. The maximum Gasteiger partial charge on any atom is 0.344 e. The molecule has 126 valence electrons. The average molecular weight is 343 g/mol. The molecule has 0 aliphatic rings. The molecule has 0 aliphatic carbocycles. The van der Waals surface area contributed by atoms with E-state index in [1.165, 1.54) is 0 Å². The first-order chi connectivity index (χ1) is 10.9. The second-order valence-corrected chi connectivity index (χ2v) is 5.49. The van der Waals surface area contributed by atoms with Crippen LogP contribution in [0.1, 0.15) is 13.8 Å². The lowest BCUT2D eigenvalue weighted by Gasteiger charge is -2.09. The Morgan fingerprint density at radius 3 is 2.39 bits per heavy atom. The topological polar surface area (TPSA) is 93.7 Å². The molecule has 1 aromatic carbocycles. The summed E-state index contributed by atoms with van der Waals surface area (Å²) in [5.74, 6) is -0.730. The van der Waals surface area contributed by atoms with Gasteiger partial charge in [0.2, 0.25) is 0 Å². The normalized spacial score (nSPS) is 10.1. The molecule has 3 amide bonds. The molecule has 0 saturated carbocycles. The van der Waals surface area contributed by atoms with E-state index in [0.717, 1.165) is 0 Å². The van der Waals surface area contributed by atoms with Crippen molar-refractivity contribution in [1.29, 1.82) is 0 Å². The van der Waals surface area contributed by atoms with Crippen molar-refractivity contribution in [2.75, 3.05) is 19.8 Å². The molecule has 0 saturated heterocycles. The van der Waals surface area contributed by atoms with E-state index in [1.807, 2.05) is 19.2 Å². The lowest BCUT2D eigenvalue weighted by molar-refractivity contribution is -0.150. The SMILES string of the molecule is CC(C)CNC(=O)NC(=O)COC(=O)COc1ccc(Cl)cc1. The highest BCUT2D eigenvalue weighted by Crippen LogP contribution is 2.15. The van der Waals surface area contributed by atoms with Crippen molar-refractivity contribution >= 4 is 29.5 Å². The Morgan fingerprint density at radius 2 is 1.78 bits per heavy atom. The van der Waals surface area contributed by atoms with E-state index >= 15 is 0 Å². The van der Waals surface area contributed by atoms with Crippen molar-refractivity contribution in [3.05, 3.63) is 29.3 Å². The molecule has 0 heterocycles. The van der Waals surface area contributed by atoms with Gasteiger partial charge in [-0.2, -0.15) is 0 Å². The fraction of sp³-hybridized carbons (Fsp3) is 0.400.